The number of nitrogens with zero attached hydrogens (tertiary/aromatic N) is 4. The van der Waals surface area contributed by atoms with E-state index in [1.165, 1.54) is 16.2 Å². The number of hydrogen-bond donors (Lipinski definition) is 0. The first-order valence-electron chi connectivity index (χ1n) is 10.8. The maximum Gasteiger partial charge on any atom is 0.277 e. The smallest absolute Gasteiger partial charge is 0.277 e. The van der Waals surface area contributed by atoms with Crippen LogP contribution >= 0.6 is 11.3 Å². The first-order valence-corrected chi connectivity index (χ1v) is 11.6. The van der Waals surface area contributed by atoms with Crippen LogP contribution in [0.25, 0.3) is 5.57 Å². The van der Waals surface area contributed by atoms with Gasteiger partial charge in [0, 0.05) is 43.8 Å². The maximum atomic E-state index is 13.3. The van der Waals surface area contributed by atoms with Gasteiger partial charge in [-0.05, 0) is 30.0 Å². The van der Waals surface area contributed by atoms with Gasteiger partial charge in [-0.2, -0.15) is 0 Å². The van der Waals surface area contributed by atoms with Crippen molar-refractivity contribution in [3.05, 3.63) is 52.5 Å². The van der Waals surface area contributed by atoms with E-state index in [4.69, 9.17) is 0 Å². The number of hydrogen-bond acceptors (Lipinski definition) is 6. The minimum absolute atomic E-state index is 0.133. The SMILES string of the molecule is CCCCCCN1C(=O)C(c2cccs2)=C(N2CCN(c3ccccn3)CC2)C1=O. The fourth-order valence-electron chi connectivity index (χ4n) is 4.10. The number of aromatic nitrogens is 1. The van der Waals surface area contributed by atoms with Gasteiger partial charge in [-0.3, -0.25) is 14.5 Å². The summed E-state index contributed by atoms with van der Waals surface area (Å²) in [7, 11) is 0. The lowest BCUT2D eigenvalue weighted by Gasteiger charge is -2.37. The normalized spacial score (nSPS) is 17.4. The van der Waals surface area contributed by atoms with Gasteiger partial charge in [0.2, 0.25) is 0 Å². The van der Waals surface area contributed by atoms with E-state index in [9.17, 15) is 9.59 Å². The number of imide groups is 1. The van der Waals surface area contributed by atoms with Crippen LogP contribution in [0.15, 0.2) is 47.6 Å². The summed E-state index contributed by atoms with van der Waals surface area (Å²) in [6.07, 6.45) is 5.97. The highest BCUT2D eigenvalue weighted by molar-refractivity contribution is 7.11. The van der Waals surface area contributed by atoms with Crippen LogP contribution in [0.3, 0.4) is 0 Å². The highest BCUT2D eigenvalue weighted by atomic mass is 32.1. The van der Waals surface area contributed by atoms with Gasteiger partial charge in [-0.15, -0.1) is 11.3 Å². The summed E-state index contributed by atoms with van der Waals surface area (Å²) in [6, 6.07) is 9.78. The summed E-state index contributed by atoms with van der Waals surface area (Å²) >= 11 is 1.52. The van der Waals surface area contributed by atoms with Crippen LogP contribution in [-0.2, 0) is 9.59 Å². The minimum atomic E-state index is -0.138. The van der Waals surface area contributed by atoms with E-state index in [2.05, 4.69) is 21.7 Å². The van der Waals surface area contributed by atoms with E-state index in [-0.39, 0.29) is 11.8 Å². The average Bonchev–Trinajstić information content (AvgIpc) is 3.39. The topological polar surface area (TPSA) is 56.8 Å². The lowest BCUT2D eigenvalue weighted by Crippen LogP contribution is -2.48. The monoisotopic (exact) mass is 424 g/mol. The second-order valence-electron chi connectivity index (χ2n) is 7.69. The number of carbonyl (C=O) groups excluding carboxylic acids is 2. The van der Waals surface area contributed by atoms with Crippen LogP contribution in [0, 0.1) is 0 Å². The van der Waals surface area contributed by atoms with Crippen molar-refractivity contribution in [2.75, 3.05) is 37.6 Å². The third-order valence-electron chi connectivity index (χ3n) is 5.72. The first kappa shape index (κ1) is 20.6. The number of thiophene rings is 1. The molecule has 0 bridgehead atoms. The molecule has 0 atom stereocenters. The van der Waals surface area contributed by atoms with Crippen LogP contribution < -0.4 is 4.90 Å². The molecule has 2 aromatic heterocycles. The predicted octanol–water partition coefficient (Wildman–Crippen LogP) is 3.63. The van der Waals surface area contributed by atoms with Gasteiger partial charge in [0.1, 0.15) is 11.5 Å². The fraction of sp³-hybridized carbons (Fsp3) is 0.435. The zero-order valence-corrected chi connectivity index (χ0v) is 18.2. The third kappa shape index (κ3) is 4.12. The fourth-order valence-corrected chi connectivity index (χ4v) is 4.86. The van der Waals surface area contributed by atoms with Crippen molar-refractivity contribution in [3.63, 3.8) is 0 Å². The Balaban J connectivity index is 1.53. The van der Waals surface area contributed by atoms with Crippen molar-refractivity contribution in [2.45, 2.75) is 32.6 Å². The highest BCUT2D eigenvalue weighted by Gasteiger charge is 2.42. The Bertz CT molecular complexity index is 903. The molecule has 0 aliphatic carbocycles. The van der Waals surface area contributed by atoms with Crippen molar-refractivity contribution in [2.24, 2.45) is 0 Å². The number of pyridine rings is 1. The molecule has 158 valence electrons. The molecule has 0 saturated carbocycles. The van der Waals surface area contributed by atoms with E-state index in [1.54, 1.807) is 6.20 Å². The Hall–Kier alpha value is -2.67. The Morgan fingerprint density at radius 2 is 1.73 bits per heavy atom. The zero-order valence-electron chi connectivity index (χ0n) is 17.4. The Morgan fingerprint density at radius 1 is 0.933 bits per heavy atom. The number of amides is 2. The summed E-state index contributed by atoms with van der Waals surface area (Å²) in [6.45, 7) is 5.61. The lowest BCUT2D eigenvalue weighted by atomic mass is 10.1. The van der Waals surface area contributed by atoms with Gasteiger partial charge in [0.05, 0.1) is 5.57 Å². The second kappa shape index (κ2) is 9.43. The van der Waals surface area contributed by atoms with Crippen molar-refractivity contribution in [3.8, 4) is 0 Å². The number of anilines is 1. The molecular weight excluding hydrogens is 396 g/mol. The molecule has 0 spiro atoms. The van der Waals surface area contributed by atoms with E-state index < -0.39 is 0 Å². The van der Waals surface area contributed by atoms with Gasteiger partial charge in [0.15, 0.2) is 0 Å². The summed E-state index contributed by atoms with van der Waals surface area (Å²) in [4.78, 5) is 37.7. The van der Waals surface area contributed by atoms with Gasteiger partial charge in [-0.1, -0.05) is 38.3 Å². The second-order valence-corrected chi connectivity index (χ2v) is 8.63. The zero-order chi connectivity index (χ0) is 20.9. The molecule has 1 saturated heterocycles. The summed E-state index contributed by atoms with van der Waals surface area (Å²) < 4.78 is 0. The highest BCUT2D eigenvalue weighted by Crippen LogP contribution is 2.34. The maximum absolute atomic E-state index is 13.3. The minimum Gasteiger partial charge on any atom is -0.363 e. The molecule has 0 unspecified atom stereocenters. The number of unbranched alkanes of at least 4 members (excludes halogenated alkanes) is 3. The van der Waals surface area contributed by atoms with Gasteiger partial charge >= 0.3 is 0 Å². The van der Waals surface area contributed by atoms with Crippen LogP contribution in [0.4, 0.5) is 5.82 Å². The molecule has 2 aliphatic heterocycles. The van der Waals surface area contributed by atoms with Crippen molar-refractivity contribution >= 4 is 34.5 Å². The van der Waals surface area contributed by atoms with E-state index in [0.717, 1.165) is 49.5 Å². The summed E-state index contributed by atoms with van der Waals surface area (Å²) in [5, 5.41) is 1.96. The molecule has 2 aromatic rings. The largest absolute Gasteiger partial charge is 0.363 e. The average molecular weight is 425 g/mol. The quantitative estimate of drug-likeness (QED) is 0.478. The predicted molar refractivity (Wildman–Crippen MR) is 120 cm³/mol. The van der Waals surface area contributed by atoms with Crippen LogP contribution in [0.1, 0.15) is 37.5 Å². The van der Waals surface area contributed by atoms with Crippen LogP contribution in [-0.4, -0.2) is 59.3 Å². The van der Waals surface area contributed by atoms with Crippen LogP contribution in [0.2, 0.25) is 0 Å². The van der Waals surface area contributed by atoms with Crippen molar-refractivity contribution < 1.29 is 9.59 Å². The molecule has 6 nitrogen and oxygen atoms in total. The van der Waals surface area contributed by atoms with Crippen molar-refractivity contribution in [1.29, 1.82) is 0 Å². The van der Waals surface area contributed by atoms with Crippen molar-refractivity contribution in [1.82, 2.24) is 14.8 Å². The molecule has 2 aliphatic rings. The standard InChI is InChI=1S/C23H28N4O2S/c1-2-3-4-7-12-27-22(28)20(18-9-8-17-30-18)21(23(27)29)26-15-13-25(14-16-26)19-10-5-6-11-24-19/h5-6,8-11,17H,2-4,7,12-16H2,1H3. The molecule has 2 amide bonds. The summed E-state index contributed by atoms with van der Waals surface area (Å²) in [5.74, 6) is 0.684. The first-order chi connectivity index (χ1) is 14.7. The molecule has 0 N–H and O–H groups in total. The van der Waals surface area contributed by atoms with Gasteiger partial charge < -0.3 is 9.80 Å². The molecule has 4 heterocycles. The summed E-state index contributed by atoms with van der Waals surface area (Å²) in [5.41, 5.74) is 1.16. The third-order valence-corrected chi connectivity index (χ3v) is 6.60. The number of carbonyl (C=O) groups is 2. The van der Waals surface area contributed by atoms with Gasteiger partial charge in [-0.25, -0.2) is 4.98 Å². The van der Waals surface area contributed by atoms with E-state index in [1.807, 2.05) is 35.7 Å². The van der Waals surface area contributed by atoms with Gasteiger partial charge in [0.25, 0.3) is 11.8 Å². The Kier molecular flexibility index (Phi) is 6.47. The van der Waals surface area contributed by atoms with E-state index >= 15 is 0 Å². The number of rotatable bonds is 8. The van der Waals surface area contributed by atoms with Crippen LogP contribution in [0.5, 0.6) is 0 Å². The number of piperazine rings is 1. The molecule has 30 heavy (non-hydrogen) atoms. The lowest BCUT2D eigenvalue weighted by molar-refractivity contribution is -0.137. The molecule has 1 fully saturated rings. The molecule has 0 radical (unpaired) electrons. The molecular formula is C23H28N4O2S. The Labute approximate surface area is 181 Å². The molecule has 0 aromatic carbocycles. The Morgan fingerprint density at radius 3 is 2.40 bits per heavy atom. The van der Waals surface area contributed by atoms with E-state index in [0.29, 0.717) is 30.9 Å². The molecule has 4 rings (SSSR count). The molecule has 7 heteroatoms.